The summed E-state index contributed by atoms with van der Waals surface area (Å²) >= 11 is 6.08. The van der Waals surface area contributed by atoms with Crippen LogP contribution in [0.1, 0.15) is 76.2 Å². The van der Waals surface area contributed by atoms with Crippen LogP contribution in [0.2, 0.25) is 5.02 Å². The SMILES string of the molecule is O=C(NC1CCCCC1)N1CC(CC2CCCCC2)C(c2ccc(Cl)cc2)=N1. The van der Waals surface area contributed by atoms with Gasteiger partial charge >= 0.3 is 6.03 Å². The number of benzene rings is 1. The first-order chi connectivity index (χ1) is 13.7. The molecule has 1 unspecified atom stereocenters. The van der Waals surface area contributed by atoms with Gasteiger partial charge in [0.25, 0.3) is 0 Å². The average molecular weight is 402 g/mol. The Balaban J connectivity index is 1.47. The smallest absolute Gasteiger partial charge is 0.334 e. The maximum atomic E-state index is 12.9. The summed E-state index contributed by atoms with van der Waals surface area (Å²) in [6, 6.07) is 8.20. The third-order valence-electron chi connectivity index (χ3n) is 6.66. The molecule has 5 heteroatoms. The van der Waals surface area contributed by atoms with Gasteiger partial charge in [0, 0.05) is 17.0 Å². The molecule has 1 aromatic carbocycles. The van der Waals surface area contributed by atoms with Crippen molar-refractivity contribution in [2.45, 2.75) is 76.7 Å². The first kappa shape index (κ1) is 19.8. The van der Waals surface area contributed by atoms with Gasteiger partial charge in [-0.15, -0.1) is 0 Å². The van der Waals surface area contributed by atoms with Crippen LogP contribution in [-0.2, 0) is 0 Å². The van der Waals surface area contributed by atoms with Crippen molar-refractivity contribution in [3.8, 4) is 0 Å². The van der Waals surface area contributed by atoms with Crippen LogP contribution in [0.3, 0.4) is 0 Å². The number of carbonyl (C=O) groups excluding carboxylic acids is 1. The Morgan fingerprint density at radius 2 is 1.64 bits per heavy atom. The van der Waals surface area contributed by atoms with Crippen molar-refractivity contribution in [3.05, 3.63) is 34.9 Å². The number of hydrogen-bond acceptors (Lipinski definition) is 2. The van der Waals surface area contributed by atoms with Gasteiger partial charge in [-0.1, -0.05) is 75.1 Å². The molecule has 1 aromatic rings. The zero-order valence-electron chi connectivity index (χ0n) is 16.7. The molecule has 0 spiro atoms. The lowest BCUT2D eigenvalue weighted by Crippen LogP contribution is -2.43. The molecule has 2 fully saturated rings. The molecule has 2 amide bonds. The molecule has 3 aliphatic rings. The van der Waals surface area contributed by atoms with Crippen LogP contribution in [0.4, 0.5) is 4.79 Å². The standard InChI is InChI=1S/C23H32ClN3O/c24-20-13-11-18(12-14-20)22-19(15-17-7-3-1-4-8-17)16-27(26-22)23(28)25-21-9-5-2-6-10-21/h11-14,17,19,21H,1-10,15-16H2,(H,25,28). The molecule has 0 aromatic heterocycles. The van der Waals surface area contributed by atoms with Gasteiger partial charge in [-0.3, -0.25) is 0 Å². The van der Waals surface area contributed by atoms with Crippen molar-refractivity contribution < 1.29 is 4.79 Å². The van der Waals surface area contributed by atoms with Crippen molar-refractivity contribution in [1.29, 1.82) is 0 Å². The fraction of sp³-hybridized carbons (Fsp3) is 0.652. The average Bonchev–Trinajstić information content (AvgIpc) is 3.14. The topological polar surface area (TPSA) is 44.7 Å². The van der Waals surface area contributed by atoms with Crippen LogP contribution in [0.15, 0.2) is 29.4 Å². The Kier molecular flexibility index (Phi) is 6.56. The summed E-state index contributed by atoms with van der Waals surface area (Å²) < 4.78 is 0. The van der Waals surface area contributed by atoms with Gasteiger partial charge in [-0.05, 0) is 42.9 Å². The minimum Gasteiger partial charge on any atom is -0.334 e. The minimum absolute atomic E-state index is 0.0236. The van der Waals surface area contributed by atoms with E-state index in [2.05, 4.69) is 5.32 Å². The Bertz CT molecular complexity index is 690. The molecule has 152 valence electrons. The first-order valence-electron chi connectivity index (χ1n) is 11.1. The van der Waals surface area contributed by atoms with Crippen LogP contribution in [0, 0.1) is 11.8 Å². The summed E-state index contributed by atoms with van der Waals surface area (Å²) in [6.45, 7) is 0.701. The van der Waals surface area contributed by atoms with Crippen molar-refractivity contribution in [1.82, 2.24) is 10.3 Å². The largest absolute Gasteiger partial charge is 0.338 e. The Morgan fingerprint density at radius 3 is 2.32 bits per heavy atom. The van der Waals surface area contributed by atoms with E-state index in [1.165, 1.54) is 51.4 Å². The highest BCUT2D eigenvalue weighted by Crippen LogP contribution is 2.33. The summed E-state index contributed by atoms with van der Waals surface area (Å²) in [7, 11) is 0. The number of carbonyl (C=O) groups is 1. The molecule has 2 saturated carbocycles. The van der Waals surface area contributed by atoms with Gasteiger partial charge in [0.2, 0.25) is 0 Å². The number of rotatable bonds is 4. The van der Waals surface area contributed by atoms with Gasteiger partial charge in [0.1, 0.15) is 0 Å². The zero-order valence-corrected chi connectivity index (χ0v) is 17.5. The predicted octanol–water partition coefficient (Wildman–Crippen LogP) is 5.99. The minimum atomic E-state index is -0.0236. The second kappa shape index (κ2) is 9.30. The lowest BCUT2D eigenvalue weighted by atomic mass is 9.80. The number of hydrazone groups is 1. The molecular formula is C23H32ClN3O. The van der Waals surface area contributed by atoms with Gasteiger partial charge in [0.05, 0.1) is 12.3 Å². The van der Waals surface area contributed by atoms with E-state index in [9.17, 15) is 4.79 Å². The second-order valence-electron chi connectivity index (χ2n) is 8.80. The Labute approximate surface area is 173 Å². The molecule has 1 N–H and O–H groups in total. The maximum absolute atomic E-state index is 12.9. The van der Waals surface area contributed by atoms with Crippen molar-refractivity contribution in [3.63, 3.8) is 0 Å². The first-order valence-corrected chi connectivity index (χ1v) is 11.5. The highest BCUT2D eigenvalue weighted by Gasteiger charge is 2.33. The normalized spacial score (nSPS) is 24.2. The summed E-state index contributed by atoms with van der Waals surface area (Å²) in [5, 5.41) is 10.4. The van der Waals surface area contributed by atoms with Crippen molar-refractivity contribution in [2.75, 3.05) is 6.54 Å². The van der Waals surface area contributed by atoms with Gasteiger partial charge in [0.15, 0.2) is 0 Å². The summed E-state index contributed by atoms with van der Waals surface area (Å²) in [6.07, 6.45) is 13.7. The molecule has 28 heavy (non-hydrogen) atoms. The molecule has 1 heterocycles. The summed E-state index contributed by atoms with van der Waals surface area (Å²) in [5.74, 6) is 1.08. The van der Waals surface area contributed by atoms with Gasteiger partial charge in [-0.2, -0.15) is 5.10 Å². The third-order valence-corrected chi connectivity index (χ3v) is 6.91. The molecule has 2 aliphatic carbocycles. The van der Waals surface area contributed by atoms with E-state index >= 15 is 0 Å². The quantitative estimate of drug-likeness (QED) is 0.661. The fourth-order valence-electron chi connectivity index (χ4n) is 5.10. The summed E-state index contributed by atoms with van der Waals surface area (Å²) in [5.41, 5.74) is 2.15. The molecule has 1 atom stereocenters. The molecule has 4 rings (SSSR count). The molecular weight excluding hydrogens is 370 g/mol. The van der Waals surface area contributed by atoms with E-state index < -0.39 is 0 Å². The van der Waals surface area contributed by atoms with Gasteiger partial charge < -0.3 is 5.32 Å². The number of nitrogens with zero attached hydrogens (tertiary/aromatic N) is 2. The van der Waals surface area contributed by atoms with E-state index in [1.807, 2.05) is 24.3 Å². The van der Waals surface area contributed by atoms with Gasteiger partial charge in [-0.25, -0.2) is 9.80 Å². The van der Waals surface area contributed by atoms with Crippen LogP contribution in [0.5, 0.6) is 0 Å². The predicted molar refractivity (Wildman–Crippen MR) is 115 cm³/mol. The van der Waals surface area contributed by atoms with Crippen LogP contribution < -0.4 is 5.32 Å². The van der Waals surface area contributed by atoms with E-state index in [4.69, 9.17) is 16.7 Å². The summed E-state index contributed by atoms with van der Waals surface area (Å²) in [4.78, 5) is 12.9. The Morgan fingerprint density at radius 1 is 1.00 bits per heavy atom. The highest BCUT2D eigenvalue weighted by atomic mass is 35.5. The van der Waals surface area contributed by atoms with E-state index in [1.54, 1.807) is 5.01 Å². The molecule has 0 bridgehead atoms. The highest BCUT2D eigenvalue weighted by molar-refractivity contribution is 6.30. The third kappa shape index (κ3) is 4.89. The zero-order chi connectivity index (χ0) is 19.3. The number of nitrogens with one attached hydrogen (secondary N) is 1. The van der Waals surface area contributed by atoms with E-state index in [-0.39, 0.29) is 6.03 Å². The van der Waals surface area contributed by atoms with E-state index in [0.29, 0.717) is 18.5 Å². The number of urea groups is 1. The fourth-order valence-corrected chi connectivity index (χ4v) is 5.22. The van der Waals surface area contributed by atoms with Crippen molar-refractivity contribution in [2.24, 2.45) is 16.9 Å². The Hall–Kier alpha value is -1.55. The molecule has 0 saturated heterocycles. The van der Waals surface area contributed by atoms with E-state index in [0.717, 1.165) is 41.5 Å². The maximum Gasteiger partial charge on any atom is 0.338 e. The lowest BCUT2D eigenvalue weighted by molar-refractivity contribution is 0.191. The molecule has 1 aliphatic heterocycles. The monoisotopic (exact) mass is 401 g/mol. The second-order valence-corrected chi connectivity index (χ2v) is 9.23. The number of hydrogen-bond donors (Lipinski definition) is 1. The van der Waals surface area contributed by atoms with Crippen molar-refractivity contribution >= 4 is 23.3 Å². The number of halogens is 1. The van der Waals surface area contributed by atoms with Crippen LogP contribution >= 0.6 is 11.6 Å². The number of amides is 2. The molecule has 4 nitrogen and oxygen atoms in total. The van der Waals surface area contributed by atoms with Crippen LogP contribution in [0.25, 0.3) is 0 Å². The van der Waals surface area contributed by atoms with Crippen LogP contribution in [-0.4, -0.2) is 29.3 Å². The lowest BCUT2D eigenvalue weighted by Gasteiger charge is -2.26. The molecule has 0 radical (unpaired) electrons.